The van der Waals surface area contributed by atoms with Crippen molar-refractivity contribution in [1.82, 2.24) is 15.6 Å². The Balaban J connectivity index is 1.80. The maximum absolute atomic E-state index is 12.6. The molecule has 3 aromatic rings. The molecule has 0 bridgehead atoms. The van der Waals surface area contributed by atoms with Gasteiger partial charge in [0.1, 0.15) is 6.04 Å². The molecule has 0 aliphatic rings. The Kier molecular flexibility index (Phi) is 6.24. The van der Waals surface area contributed by atoms with E-state index in [4.69, 9.17) is 0 Å². The summed E-state index contributed by atoms with van der Waals surface area (Å²) in [6, 6.07) is 17.3. The third kappa shape index (κ3) is 5.19. The minimum Gasteiger partial charge on any atom is -0.352 e. The molecule has 0 saturated carbocycles. The third-order valence-electron chi connectivity index (χ3n) is 4.31. The van der Waals surface area contributed by atoms with Crippen molar-refractivity contribution in [2.75, 3.05) is 0 Å². The number of benzene rings is 2. The normalized spacial score (nSPS) is 12.2. The van der Waals surface area contributed by atoms with E-state index in [2.05, 4.69) is 15.6 Å². The maximum atomic E-state index is 12.6. The molecule has 1 aromatic heterocycles. The van der Waals surface area contributed by atoms with Gasteiger partial charge in [0.2, 0.25) is 11.8 Å². The van der Waals surface area contributed by atoms with Gasteiger partial charge in [0, 0.05) is 23.2 Å². The third-order valence-corrected chi connectivity index (χ3v) is 4.31. The fourth-order valence-electron chi connectivity index (χ4n) is 2.96. The molecule has 2 amide bonds. The van der Waals surface area contributed by atoms with Gasteiger partial charge in [-0.05, 0) is 43.0 Å². The molecule has 2 aromatic carbocycles. The summed E-state index contributed by atoms with van der Waals surface area (Å²) in [6.07, 6.45) is 2.71. The minimum absolute atomic E-state index is 0.0580. The Bertz CT molecular complexity index is 1100. The average molecular weight is 389 g/mol. The Morgan fingerprint density at radius 2 is 1.66 bits per heavy atom. The first-order valence-corrected chi connectivity index (χ1v) is 9.40. The summed E-state index contributed by atoms with van der Waals surface area (Å²) in [4.78, 5) is 40.0. The highest BCUT2D eigenvalue weighted by molar-refractivity contribution is 5.96. The lowest BCUT2D eigenvalue weighted by molar-refractivity contribution is -0.127. The fraction of sp³-hybridized carbons (Fsp3) is 0.174. The van der Waals surface area contributed by atoms with Gasteiger partial charge in [-0.25, -0.2) is 0 Å². The number of aromatic amines is 1. The number of carbonyl (C=O) groups excluding carboxylic acids is 2. The highest BCUT2D eigenvalue weighted by Gasteiger charge is 2.22. The molecule has 0 spiro atoms. The molecular weight excluding hydrogens is 366 g/mol. The van der Waals surface area contributed by atoms with E-state index in [1.54, 1.807) is 18.2 Å². The van der Waals surface area contributed by atoms with Crippen molar-refractivity contribution in [3.8, 4) is 0 Å². The van der Waals surface area contributed by atoms with Crippen LogP contribution in [0.4, 0.5) is 0 Å². The highest BCUT2D eigenvalue weighted by atomic mass is 16.2. The first-order valence-electron chi connectivity index (χ1n) is 9.40. The average Bonchev–Trinajstić information content (AvgIpc) is 2.70. The second kappa shape index (κ2) is 9.01. The number of fused-ring (bicyclic) bond motifs is 1. The number of carbonyl (C=O) groups is 2. The van der Waals surface area contributed by atoms with Crippen molar-refractivity contribution in [2.45, 2.75) is 25.9 Å². The maximum Gasteiger partial charge on any atom is 0.255 e. The Hall–Kier alpha value is -3.67. The van der Waals surface area contributed by atoms with Crippen molar-refractivity contribution in [2.24, 2.45) is 0 Å². The number of nitrogens with one attached hydrogen (secondary N) is 3. The zero-order chi connectivity index (χ0) is 20.8. The lowest BCUT2D eigenvalue weighted by atomic mass is 10.1. The Morgan fingerprint density at radius 1 is 0.966 bits per heavy atom. The molecule has 0 radical (unpaired) electrons. The van der Waals surface area contributed by atoms with Gasteiger partial charge in [0.25, 0.3) is 5.56 Å². The molecule has 0 saturated heterocycles. The molecule has 1 unspecified atom stereocenters. The largest absolute Gasteiger partial charge is 0.352 e. The van der Waals surface area contributed by atoms with Gasteiger partial charge < -0.3 is 15.6 Å². The van der Waals surface area contributed by atoms with Gasteiger partial charge in [0.15, 0.2) is 0 Å². The van der Waals surface area contributed by atoms with E-state index in [9.17, 15) is 14.4 Å². The smallest absolute Gasteiger partial charge is 0.255 e. The van der Waals surface area contributed by atoms with Gasteiger partial charge in [-0.1, -0.05) is 48.5 Å². The standard InChI is InChI=1S/C23H23N3O3/c1-15(2)24-23(29)21(16-8-4-3-5-9-16)26-20(27)13-12-18-14-17-10-6-7-11-19(17)25-22(18)28/h3-15,21H,1-2H3,(H,24,29)(H,25,28)(H,26,27)/b13-12+. The highest BCUT2D eigenvalue weighted by Crippen LogP contribution is 2.14. The van der Waals surface area contributed by atoms with Gasteiger partial charge in [0.05, 0.1) is 0 Å². The van der Waals surface area contributed by atoms with Crippen LogP contribution in [0.1, 0.15) is 31.0 Å². The van der Waals surface area contributed by atoms with Gasteiger partial charge in [-0.15, -0.1) is 0 Å². The lowest BCUT2D eigenvalue weighted by Gasteiger charge is -2.19. The van der Waals surface area contributed by atoms with Crippen LogP contribution in [-0.4, -0.2) is 22.8 Å². The molecule has 148 valence electrons. The number of hydrogen-bond acceptors (Lipinski definition) is 3. The van der Waals surface area contributed by atoms with Crippen LogP contribution in [0.15, 0.2) is 71.5 Å². The van der Waals surface area contributed by atoms with E-state index >= 15 is 0 Å². The van der Waals surface area contributed by atoms with Crippen LogP contribution < -0.4 is 16.2 Å². The van der Waals surface area contributed by atoms with Crippen molar-refractivity contribution >= 4 is 28.8 Å². The molecule has 6 nitrogen and oxygen atoms in total. The van der Waals surface area contributed by atoms with Gasteiger partial charge in [-0.2, -0.15) is 0 Å². The van der Waals surface area contributed by atoms with E-state index in [0.29, 0.717) is 11.1 Å². The molecule has 29 heavy (non-hydrogen) atoms. The second-order valence-corrected chi connectivity index (χ2v) is 6.99. The number of para-hydroxylation sites is 1. The molecule has 1 atom stereocenters. The van der Waals surface area contributed by atoms with Crippen molar-refractivity contribution in [3.63, 3.8) is 0 Å². The van der Waals surface area contributed by atoms with E-state index in [0.717, 1.165) is 10.9 Å². The second-order valence-electron chi connectivity index (χ2n) is 6.99. The molecule has 1 heterocycles. The number of amides is 2. The zero-order valence-electron chi connectivity index (χ0n) is 16.3. The molecule has 0 aliphatic heterocycles. The number of rotatable bonds is 6. The van der Waals surface area contributed by atoms with E-state index in [-0.39, 0.29) is 17.5 Å². The van der Waals surface area contributed by atoms with Crippen LogP contribution in [-0.2, 0) is 9.59 Å². The van der Waals surface area contributed by atoms with Crippen molar-refractivity contribution in [1.29, 1.82) is 0 Å². The topological polar surface area (TPSA) is 91.1 Å². The van der Waals surface area contributed by atoms with Crippen LogP contribution in [0, 0.1) is 0 Å². The summed E-state index contributed by atoms with van der Waals surface area (Å²) in [7, 11) is 0. The molecule has 3 N–H and O–H groups in total. The summed E-state index contributed by atoms with van der Waals surface area (Å²) < 4.78 is 0. The molecule has 0 aliphatic carbocycles. The first-order chi connectivity index (χ1) is 13.9. The number of pyridine rings is 1. The lowest BCUT2D eigenvalue weighted by Crippen LogP contribution is -2.42. The summed E-state index contributed by atoms with van der Waals surface area (Å²) in [6.45, 7) is 3.71. The number of hydrogen-bond donors (Lipinski definition) is 3. The van der Waals surface area contributed by atoms with Crippen LogP contribution in [0.5, 0.6) is 0 Å². The zero-order valence-corrected chi connectivity index (χ0v) is 16.3. The molecule has 3 rings (SSSR count). The van der Waals surface area contributed by atoms with Crippen molar-refractivity contribution < 1.29 is 9.59 Å². The van der Waals surface area contributed by atoms with Crippen LogP contribution in [0.3, 0.4) is 0 Å². The molecular formula is C23H23N3O3. The fourth-order valence-corrected chi connectivity index (χ4v) is 2.96. The van der Waals surface area contributed by atoms with Gasteiger partial charge >= 0.3 is 0 Å². The summed E-state index contributed by atoms with van der Waals surface area (Å²) in [5.74, 6) is -0.762. The SMILES string of the molecule is CC(C)NC(=O)C(NC(=O)/C=C/c1cc2ccccc2[nH]c1=O)c1ccccc1. The Morgan fingerprint density at radius 3 is 2.38 bits per heavy atom. The molecule has 6 heteroatoms. The van der Waals surface area contributed by atoms with Crippen molar-refractivity contribution in [3.05, 3.63) is 88.2 Å². The van der Waals surface area contributed by atoms with E-state index in [1.165, 1.54) is 12.2 Å². The monoisotopic (exact) mass is 389 g/mol. The number of aromatic nitrogens is 1. The first kappa shape index (κ1) is 20.1. The summed E-state index contributed by atoms with van der Waals surface area (Å²) in [5, 5.41) is 6.40. The minimum atomic E-state index is -0.828. The predicted octanol–water partition coefficient (Wildman–Crippen LogP) is 2.92. The number of H-pyrrole nitrogens is 1. The van der Waals surface area contributed by atoms with Crippen LogP contribution >= 0.6 is 0 Å². The van der Waals surface area contributed by atoms with Crippen LogP contribution in [0.2, 0.25) is 0 Å². The van der Waals surface area contributed by atoms with Gasteiger partial charge in [-0.3, -0.25) is 14.4 Å². The van der Waals surface area contributed by atoms with Crippen LogP contribution in [0.25, 0.3) is 17.0 Å². The summed E-state index contributed by atoms with van der Waals surface area (Å²) >= 11 is 0. The quantitative estimate of drug-likeness (QED) is 0.566. The molecule has 0 fully saturated rings. The Labute approximate surface area is 168 Å². The van der Waals surface area contributed by atoms with E-state index in [1.807, 2.05) is 56.3 Å². The summed E-state index contributed by atoms with van der Waals surface area (Å²) in [5.41, 5.74) is 1.48. The van der Waals surface area contributed by atoms with E-state index < -0.39 is 11.9 Å². The predicted molar refractivity (Wildman–Crippen MR) is 114 cm³/mol.